The first-order valence-corrected chi connectivity index (χ1v) is 5.72. The summed E-state index contributed by atoms with van der Waals surface area (Å²) in [7, 11) is 0. The lowest BCUT2D eigenvalue weighted by molar-refractivity contribution is -0.125. The van der Waals surface area contributed by atoms with Crippen molar-refractivity contribution in [2.75, 3.05) is 5.73 Å². The summed E-state index contributed by atoms with van der Waals surface area (Å²) in [5.41, 5.74) is 6.17. The first-order valence-electron chi connectivity index (χ1n) is 5.72. The molecule has 16 heavy (non-hydrogen) atoms. The van der Waals surface area contributed by atoms with Crippen LogP contribution in [-0.4, -0.2) is 21.2 Å². The van der Waals surface area contributed by atoms with Crippen molar-refractivity contribution < 1.29 is 4.79 Å². The molecule has 0 atom stereocenters. The van der Waals surface area contributed by atoms with Crippen molar-refractivity contribution in [1.29, 1.82) is 0 Å². The maximum Gasteiger partial charge on any atom is 0.242 e. The van der Waals surface area contributed by atoms with Crippen LogP contribution in [0.5, 0.6) is 0 Å². The second kappa shape index (κ2) is 4.15. The van der Waals surface area contributed by atoms with Gasteiger partial charge in [0, 0.05) is 11.7 Å². The van der Waals surface area contributed by atoms with E-state index in [0.717, 1.165) is 19.3 Å². The Morgan fingerprint density at radius 3 is 2.88 bits per heavy atom. The topological polar surface area (TPSA) is 72.9 Å². The fraction of sp³-hybridized carbons (Fsp3) is 0.636. The summed E-state index contributed by atoms with van der Waals surface area (Å²) in [6.07, 6.45) is 7.61. The number of nitrogens with one attached hydrogen (secondary N) is 1. The SMILES string of the molecule is CCC1(NC(=O)Cn2cc(N)cn2)CCC1. The molecule has 0 radical (unpaired) electrons. The van der Waals surface area contributed by atoms with Crippen molar-refractivity contribution in [3.63, 3.8) is 0 Å². The minimum Gasteiger partial charge on any atom is -0.396 e. The quantitative estimate of drug-likeness (QED) is 0.795. The van der Waals surface area contributed by atoms with E-state index in [0.29, 0.717) is 5.69 Å². The molecule has 2 rings (SSSR count). The highest BCUT2D eigenvalue weighted by Crippen LogP contribution is 2.34. The molecule has 1 saturated carbocycles. The van der Waals surface area contributed by atoms with Gasteiger partial charge < -0.3 is 11.1 Å². The summed E-state index contributed by atoms with van der Waals surface area (Å²) in [4.78, 5) is 11.8. The van der Waals surface area contributed by atoms with Gasteiger partial charge in [0.05, 0.1) is 11.9 Å². The van der Waals surface area contributed by atoms with Crippen LogP contribution in [0, 0.1) is 0 Å². The Morgan fingerprint density at radius 1 is 1.69 bits per heavy atom. The van der Waals surface area contributed by atoms with Gasteiger partial charge in [-0.3, -0.25) is 9.48 Å². The van der Waals surface area contributed by atoms with Crippen LogP contribution in [0.15, 0.2) is 12.4 Å². The van der Waals surface area contributed by atoms with Crippen LogP contribution in [0.25, 0.3) is 0 Å². The highest BCUT2D eigenvalue weighted by molar-refractivity contribution is 5.76. The molecule has 88 valence electrons. The standard InChI is InChI=1S/C11H18N4O/c1-2-11(4-3-5-11)14-10(16)8-15-7-9(12)6-13-15/h6-7H,2-5,8,12H2,1H3,(H,14,16). The summed E-state index contributed by atoms with van der Waals surface area (Å²) < 4.78 is 1.56. The van der Waals surface area contributed by atoms with E-state index >= 15 is 0 Å². The largest absolute Gasteiger partial charge is 0.396 e. The minimum absolute atomic E-state index is 0.0182. The van der Waals surface area contributed by atoms with Crippen LogP contribution in [0.2, 0.25) is 0 Å². The monoisotopic (exact) mass is 222 g/mol. The molecule has 5 nitrogen and oxygen atoms in total. The second-order valence-electron chi connectivity index (χ2n) is 4.51. The molecule has 1 heterocycles. The first kappa shape index (κ1) is 11.0. The summed E-state index contributed by atoms with van der Waals surface area (Å²) in [5, 5.41) is 7.08. The maximum atomic E-state index is 11.8. The van der Waals surface area contributed by atoms with Gasteiger partial charge in [0.15, 0.2) is 0 Å². The fourth-order valence-corrected chi connectivity index (χ4v) is 2.12. The third-order valence-electron chi connectivity index (χ3n) is 3.35. The summed E-state index contributed by atoms with van der Waals surface area (Å²) in [5.74, 6) is 0.0182. The van der Waals surface area contributed by atoms with Gasteiger partial charge in [-0.05, 0) is 25.7 Å². The molecule has 1 fully saturated rings. The molecule has 1 aromatic rings. The lowest BCUT2D eigenvalue weighted by Crippen LogP contribution is -2.53. The van der Waals surface area contributed by atoms with Crippen LogP contribution in [0.3, 0.4) is 0 Å². The molecule has 1 aliphatic carbocycles. The Balaban J connectivity index is 1.89. The number of anilines is 1. The van der Waals surface area contributed by atoms with Crippen molar-refractivity contribution in [1.82, 2.24) is 15.1 Å². The maximum absolute atomic E-state index is 11.8. The second-order valence-corrected chi connectivity index (χ2v) is 4.51. The Bertz CT molecular complexity index is 376. The van der Waals surface area contributed by atoms with Crippen molar-refractivity contribution >= 4 is 11.6 Å². The van der Waals surface area contributed by atoms with Gasteiger partial charge in [-0.25, -0.2) is 0 Å². The van der Waals surface area contributed by atoms with E-state index in [-0.39, 0.29) is 18.0 Å². The van der Waals surface area contributed by atoms with Crippen LogP contribution in [0.1, 0.15) is 32.6 Å². The van der Waals surface area contributed by atoms with Gasteiger partial charge in [0.25, 0.3) is 0 Å². The molecule has 0 spiro atoms. The Morgan fingerprint density at radius 2 is 2.44 bits per heavy atom. The van der Waals surface area contributed by atoms with E-state index in [9.17, 15) is 4.79 Å². The normalized spacial score (nSPS) is 17.8. The zero-order valence-electron chi connectivity index (χ0n) is 9.57. The van der Waals surface area contributed by atoms with Crippen LogP contribution < -0.4 is 11.1 Å². The van der Waals surface area contributed by atoms with E-state index in [2.05, 4.69) is 17.3 Å². The highest BCUT2D eigenvalue weighted by Gasteiger charge is 2.36. The molecule has 0 aromatic carbocycles. The smallest absolute Gasteiger partial charge is 0.242 e. The van der Waals surface area contributed by atoms with E-state index in [1.54, 1.807) is 17.1 Å². The summed E-state index contributed by atoms with van der Waals surface area (Å²) in [6, 6.07) is 0. The van der Waals surface area contributed by atoms with Crippen molar-refractivity contribution in [3.05, 3.63) is 12.4 Å². The lowest BCUT2D eigenvalue weighted by Gasteiger charge is -2.42. The van der Waals surface area contributed by atoms with E-state index in [1.165, 1.54) is 6.42 Å². The number of carbonyl (C=O) groups is 1. The van der Waals surface area contributed by atoms with Gasteiger partial charge in [0.2, 0.25) is 5.91 Å². The number of rotatable bonds is 4. The predicted molar refractivity (Wildman–Crippen MR) is 61.7 cm³/mol. The number of amides is 1. The van der Waals surface area contributed by atoms with Gasteiger partial charge >= 0.3 is 0 Å². The fourth-order valence-electron chi connectivity index (χ4n) is 2.12. The Hall–Kier alpha value is -1.52. The number of nitrogens with zero attached hydrogens (tertiary/aromatic N) is 2. The van der Waals surface area contributed by atoms with Gasteiger partial charge in [0.1, 0.15) is 6.54 Å². The van der Waals surface area contributed by atoms with Gasteiger partial charge in [-0.15, -0.1) is 0 Å². The van der Waals surface area contributed by atoms with Crippen molar-refractivity contribution in [3.8, 4) is 0 Å². The number of nitrogens with two attached hydrogens (primary N) is 1. The van der Waals surface area contributed by atoms with E-state index in [1.807, 2.05) is 0 Å². The molecule has 1 aromatic heterocycles. The third kappa shape index (κ3) is 2.18. The van der Waals surface area contributed by atoms with Gasteiger partial charge in [-0.2, -0.15) is 5.10 Å². The molecule has 0 bridgehead atoms. The molecule has 1 amide bonds. The lowest BCUT2D eigenvalue weighted by atomic mass is 9.75. The summed E-state index contributed by atoms with van der Waals surface area (Å²) >= 11 is 0. The Labute approximate surface area is 95.0 Å². The van der Waals surface area contributed by atoms with Crippen molar-refractivity contribution in [2.45, 2.75) is 44.7 Å². The zero-order chi connectivity index (χ0) is 11.6. The van der Waals surface area contributed by atoms with Crippen LogP contribution in [0.4, 0.5) is 5.69 Å². The molecular formula is C11H18N4O. The highest BCUT2D eigenvalue weighted by atomic mass is 16.2. The molecule has 1 aliphatic rings. The average Bonchev–Trinajstić information content (AvgIpc) is 2.57. The minimum atomic E-state index is 0.0182. The molecule has 0 unspecified atom stereocenters. The van der Waals surface area contributed by atoms with Crippen molar-refractivity contribution in [2.24, 2.45) is 0 Å². The van der Waals surface area contributed by atoms with Crippen LogP contribution >= 0.6 is 0 Å². The number of hydrogen-bond acceptors (Lipinski definition) is 3. The first-order chi connectivity index (χ1) is 7.63. The number of carbonyl (C=O) groups excluding carboxylic acids is 1. The average molecular weight is 222 g/mol. The predicted octanol–water partition coefficient (Wildman–Crippen LogP) is 0.914. The molecule has 5 heteroatoms. The van der Waals surface area contributed by atoms with Crippen LogP contribution in [-0.2, 0) is 11.3 Å². The molecule has 3 N–H and O–H groups in total. The van der Waals surface area contributed by atoms with Gasteiger partial charge in [-0.1, -0.05) is 6.92 Å². The number of nitrogen functional groups attached to an aromatic ring is 1. The summed E-state index contributed by atoms with van der Waals surface area (Å²) in [6.45, 7) is 2.37. The zero-order valence-corrected chi connectivity index (χ0v) is 9.57. The molecule has 0 saturated heterocycles. The number of aromatic nitrogens is 2. The molecule has 0 aliphatic heterocycles. The van der Waals surface area contributed by atoms with E-state index < -0.39 is 0 Å². The number of hydrogen-bond donors (Lipinski definition) is 2. The third-order valence-corrected chi connectivity index (χ3v) is 3.35. The van der Waals surface area contributed by atoms with E-state index in [4.69, 9.17) is 5.73 Å². The Kier molecular flexibility index (Phi) is 2.85. The molecular weight excluding hydrogens is 204 g/mol.